The first-order valence-corrected chi connectivity index (χ1v) is 10.8. The highest BCUT2D eigenvalue weighted by atomic mass is 35.5. The Labute approximate surface area is 212 Å². The molecule has 1 aliphatic rings. The van der Waals surface area contributed by atoms with Crippen molar-refractivity contribution in [2.45, 2.75) is 12.4 Å². The number of anilines is 1. The molecule has 3 aromatic heterocycles. The molecule has 4 heterocycles. The number of alkyl halides is 6. The maximum Gasteiger partial charge on any atom is 0.434 e. The van der Waals surface area contributed by atoms with Gasteiger partial charge in [0, 0.05) is 17.3 Å². The van der Waals surface area contributed by atoms with E-state index in [1.807, 2.05) is 0 Å². The maximum atomic E-state index is 14.2. The van der Waals surface area contributed by atoms with Crippen LogP contribution in [0, 0.1) is 0 Å². The molecule has 15 heteroatoms. The minimum Gasteiger partial charge on any atom is -0.352 e. The summed E-state index contributed by atoms with van der Waals surface area (Å²) in [7, 11) is 0. The Bertz CT molecular complexity index is 1690. The molecule has 194 valence electrons. The fraction of sp³-hybridized carbons (Fsp3) is 0.0870. The van der Waals surface area contributed by atoms with E-state index < -0.39 is 35.2 Å². The fourth-order valence-electron chi connectivity index (χ4n) is 3.99. The zero-order valence-electron chi connectivity index (χ0n) is 18.4. The predicted octanol–water partition coefficient (Wildman–Crippen LogP) is 5.21. The van der Waals surface area contributed by atoms with Crippen LogP contribution in [0.1, 0.15) is 32.9 Å². The third kappa shape index (κ3) is 4.19. The van der Waals surface area contributed by atoms with Crippen molar-refractivity contribution in [1.82, 2.24) is 24.7 Å². The van der Waals surface area contributed by atoms with Crippen LogP contribution in [0.5, 0.6) is 0 Å². The fourth-order valence-corrected chi connectivity index (χ4v) is 4.22. The van der Waals surface area contributed by atoms with Crippen LogP contribution in [0.15, 0.2) is 48.9 Å². The summed E-state index contributed by atoms with van der Waals surface area (Å²) >= 11 is 5.87. The Morgan fingerprint density at radius 2 is 1.82 bits per heavy atom. The number of aromatic nitrogens is 4. The predicted molar refractivity (Wildman–Crippen MR) is 123 cm³/mol. The van der Waals surface area contributed by atoms with E-state index in [-0.39, 0.29) is 38.7 Å². The highest BCUT2D eigenvalue weighted by molar-refractivity contribution is 6.34. The van der Waals surface area contributed by atoms with Crippen LogP contribution in [-0.2, 0) is 17.1 Å². The van der Waals surface area contributed by atoms with Crippen LogP contribution in [0.2, 0.25) is 5.02 Å². The van der Waals surface area contributed by atoms with Crippen LogP contribution < -0.4 is 10.6 Å². The van der Waals surface area contributed by atoms with E-state index in [9.17, 15) is 35.9 Å². The van der Waals surface area contributed by atoms with Gasteiger partial charge in [0.05, 0.1) is 39.9 Å². The monoisotopic (exact) mass is 552 g/mol. The Balaban J connectivity index is 1.56. The second-order valence-corrected chi connectivity index (χ2v) is 8.29. The standard InChI is InChI=1S/C23H11ClF6N6O2/c24-15-7-19(22(25,26)27)35-18(15)6-11(8-32-35)34-21(38)14-9-33-36(20(14)23(28,29)30)17-3-1-2-12-13(17)4-5-31-16(12)10-37/h1-9,31H,(H,34,38). The normalized spacial score (nSPS) is 13.3. The molecule has 0 atom stereocenters. The minimum absolute atomic E-state index is 0.00338. The zero-order valence-corrected chi connectivity index (χ0v) is 19.2. The third-order valence-electron chi connectivity index (χ3n) is 5.56. The number of nitrogens with zero attached hydrogens (tertiary/aromatic N) is 4. The maximum absolute atomic E-state index is 14.2. The molecule has 0 bridgehead atoms. The molecular formula is C23H11ClF6N6O2. The smallest absolute Gasteiger partial charge is 0.352 e. The lowest BCUT2D eigenvalue weighted by Crippen LogP contribution is -2.22. The number of fused-ring (bicyclic) bond motifs is 2. The van der Waals surface area contributed by atoms with Crippen LogP contribution in [-0.4, -0.2) is 31.2 Å². The van der Waals surface area contributed by atoms with Gasteiger partial charge in [-0.25, -0.2) is 14.0 Å². The molecule has 0 radical (unpaired) electrons. The minimum atomic E-state index is -5.06. The Morgan fingerprint density at radius 3 is 2.50 bits per heavy atom. The van der Waals surface area contributed by atoms with E-state index in [1.54, 1.807) is 5.94 Å². The van der Waals surface area contributed by atoms with E-state index in [1.165, 1.54) is 30.5 Å². The molecule has 0 fully saturated rings. The first-order valence-electron chi connectivity index (χ1n) is 10.4. The summed E-state index contributed by atoms with van der Waals surface area (Å²) in [5.74, 6) is 0.423. The molecular weight excluding hydrogens is 542 g/mol. The SMILES string of the molecule is O=C=C1NC=Cc2c1cccc2-n1ncc(C(=O)Nc2cnn3c(C(F)(F)F)cc(Cl)c3c2)c1C(F)(F)F. The average molecular weight is 553 g/mol. The molecule has 5 rings (SSSR count). The number of nitrogens with one attached hydrogen (secondary N) is 2. The summed E-state index contributed by atoms with van der Waals surface area (Å²) < 4.78 is 83.1. The van der Waals surface area contributed by atoms with E-state index in [0.717, 1.165) is 12.3 Å². The summed E-state index contributed by atoms with van der Waals surface area (Å²) in [5, 5.41) is 11.9. The van der Waals surface area contributed by atoms with Crippen LogP contribution in [0.25, 0.3) is 23.0 Å². The van der Waals surface area contributed by atoms with Crippen molar-refractivity contribution in [3.8, 4) is 5.69 Å². The first kappa shape index (κ1) is 25.1. The van der Waals surface area contributed by atoms with E-state index in [0.29, 0.717) is 21.5 Å². The molecule has 4 aromatic rings. The molecule has 0 unspecified atom stereocenters. The molecule has 0 aliphatic carbocycles. The molecule has 38 heavy (non-hydrogen) atoms. The van der Waals surface area contributed by atoms with Crippen molar-refractivity contribution in [3.05, 3.63) is 82.0 Å². The molecule has 8 nitrogen and oxygen atoms in total. The Morgan fingerprint density at radius 1 is 1.05 bits per heavy atom. The second kappa shape index (κ2) is 8.78. The summed E-state index contributed by atoms with van der Waals surface area (Å²) in [6.45, 7) is 0. The molecule has 1 amide bonds. The van der Waals surface area contributed by atoms with Gasteiger partial charge in [-0.2, -0.15) is 36.5 Å². The van der Waals surface area contributed by atoms with Crippen LogP contribution in [0.4, 0.5) is 32.0 Å². The van der Waals surface area contributed by atoms with Gasteiger partial charge in [-0.05, 0) is 24.3 Å². The number of hydrogen-bond acceptors (Lipinski definition) is 5. The number of rotatable bonds is 3. The van der Waals surface area contributed by atoms with Gasteiger partial charge in [-0.3, -0.25) is 4.79 Å². The molecule has 0 saturated heterocycles. The summed E-state index contributed by atoms with van der Waals surface area (Å²) in [6.07, 6.45) is -5.50. The van der Waals surface area contributed by atoms with Gasteiger partial charge in [-0.15, -0.1) is 0 Å². The number of hydrogen-bond donors (Lipinski definition) is 2. The van der Waals surface area contributed by atoms with Gasteiger partial charge < -0.3 is 10.6 Å². The largest absolute Gasteiger partial charge is 0.434 e. The van der Waals surface area contributed by atoms with Gasteiger partial charge in [0.1, 0.15) is 11.4 Å². The summed E-state index contributed by atoms with van der Waals surface area (Å²) in [5.41, 5.74) is -3.44. The van der Waals surface area contributed by atoms with Crippen molar-refractivity contribution in [1.29, 1.82) is 0 Å². The average Bonchev–Trinajstić information content (AvgIpc) is 3.45. The highest BCUT2D eigenvalue weighted by Gasteiger charge is 2.41. The first-order chi connectivity index (χ1) is 17.9. The van der Waals surface area contributed by atoms with Crippen molar-refractivity contribution < 1.29 is 35.9 Å². The highest BCUT2D eigenvalue weighted by Crippen LogP contribution is 2.37. The van der Waals surface area contributed by atoms with Crippen molar-refractivity contribution in [3.63, 3.8) is 0 Å². The molecule has 0 saturated carbocycles. The van der Waals surface area contributed by atoms with Crippen LogP contribution >= 0.6 is 11.6 Å². The summed E-state index contributed by atoms with van der Waals surface area (Å²) in [4.78, 5) is 24.1. The molecule has 0 spiro atoms. The zero-order chi connectivity index (χ0) is 27.4. The van der Waals surface area contributed by atoms with Gasteiger partial charge in [0.2, 0.25) is 0 Å². The number of benzene rings is 1. The van der Waals surface area contributed by atoms with Gasteiger partial charge >= 0.3 is 12.4 Å². The number of halogens is 7. The topological polar surface area (TPSA) is 93.3 Å². The molecule has 1 aliphatic heterocycles. The lowest BCUT2D eigenvalue weighted by Gasteiger charge is -2.19. The third-order valence-corrected chi connectivity index (χ3v) is 5.86. The number of carbonyl (C=O) groups excluding carboxylic acids is 2. The van der Waals surface area contributed by atoms with Crippen molar-refractivity contribution in [2.24, 2.45) is 0 Å². The van der Waals surface area contributed by atoms with Crippen molar-refractivity contribution in [2.75, 3.05) is 5.32 Å². The van der Waals surface area contributed by atoms with E-state index in [4.69, 9.17) is 11.6 Å². The quantitative estimate of drug-likeness (QED) is 0.269. The Hall–Kier alpha value is -4.55. The van der Waals surface area contributed by atoms with Gasteiger partial charge in [-0.1, -0.05) is 23.7 Å². The summed E-state index contributed by atoms with van der Waals surface area (Å²) in [6, 6.07) is 5.91. The number of amides is 1. The van der Waals surface area contributed by atoms with E-state index in [2.05, 4.69) is 20.8 Å². The van der Waals surface area contributed by atoms with E-state index >= 15 is 0 Å². The lowest BCUT2D eigenvalue weighted by atomic mass is 10.0. The lowest BCUT2D eigenvalue weighted by molar-refractivity contribution is -0.143. The van der Waals surface area contributed by atoms with Gasteiger partial charge in [0.25, 0.3) is 5.91 Å². The second-order valence-electron chi connectivity index (χ2n) is 7.88. The number of carbonyl (C=O) groups is 1. The molecule has 2 N–H and O–H groups in total. The molecule has 1 aromatic carbocycles. The van der Waals surface area contributed by atoms with Gasteiger partial charge in [0.15, 0.2) is 11.6 Å². The van der Waals surface area contributed by atoms with Crippen molar-refractivity contribution >= 4 is 46.4 Å². The van der Waals surface area contributed by atoms with Crippen LogP contribution in [0.3, 0.4) is 0 Å². The Kier molecular flexibility index (Phi) is 5.80.